The molecule has 0 aromatic carbocycles. The monoisotopic (exact) mass is 149 g/mol. The summed E-state index contributed by atoms with van der Waals surface area (Å²) in [6.07, 6.45) is 0. The van der Waals surface area contributed by atoms with E-state index < -0.39 is 0 Å². The summed E-state index contributed by atoms with van der Waals surface area (Å²) in [4.78, 5) is 2.38. The molecule has 0 aromatic rings. The molecule has 0 aliphatic heterocycles. The van der Waals surface area contributed by atoms with Crippen molar-refractivity contribution in [2.75, 3.05) is 19.6 Å². The lowest BCUT2D eigenvalue weighted by molar-refractivity contribution is 0.321. The minimum absolute atomic E-state index is 1.19. The highest BCUT2D eigenvalue weighted by molar-refractivity contribution is 7.44. The lowest BCUT2D eigenvalue weighted by Crippen LogP contribution is -2.21. The summed E-state index contributed by atoms with van der Waals surface area (Å²) in [6.45, 7) is 10.1. The molecule has 0 rings (SSSR count). The van der Waals surface area contributed by atoms with E-state index in [2.05, 4.69) is 38.2 Å². The van der Waals surface area contributed by atoms with Crippen molar-refractivity contribution in [3.05, 3.63) is 0 Å². The van der Waals surface area contributed by atoms with Gasteiger partial charge in [-0.3, -0.25) is 0 Å². The van der Waals surface area contributed by atoms with Crippen LogP contribution in [0.1, 0.15) is 20.8 Å². The van der Waals surface area contributed by atoms with Crippen LogP contribution in [0, 0.1) is 0 Å². The Morgan fingerprint density at radius 1 is 1.00 bits per heavy atom. The van der Waals surface area contributed by atoms with Crippen molar-refractivity contribution in [3.63, 3.8) is 0 Å². The summed E-state index contributed by atoms with van der Waals surface area (Å²) in [5.74, 6) is 0. The fourth-order valence-electron chi connectivity index (χ4n) is 0.671. The molecule has 0 heterocycles. The third-order valence-electron chi connectivity index (χ3n) is 1.34. The Hall–Kier alpha value is -0.0200. The molecular formula is C6H15NOS. The van der Waals surface area contributed by atoms with Crippen molar-refractivity contribution in [1.82, 2.24) is 4.90 Å². The van der Waals surface area contributed by atoms with Crippen LogP contribution in [0.4, 0.5) is 0 Å². The van der Waals surface area contributed by atoms with Crippen molar-refractivity contribution in [3.8, 4) is 0 Å². The van der Waals surface area contributed by atoms with Crippen molar-refractivity contribution >= 4 is 12.5 Å². The highest BCUT2D eigenvalue weighted by Crippen LogP contribution is 1.81. The average Bonchev–Trinajstić information content (AvgIpc) is 1.96. The van der Waals surface area contributed by atoms with Crippen LogP contribution < -0.4 is 0 Å². The SMILES string of the molecule is CCN(CC)CC.O=S. The first-order chi connectivity index (χ1) is 4.35. The van der Waals surface area contributed by atoms with Crippen LogP contribution in [0.5, 0.6) is 0 Å². The number of rotatable bonds is 3. The van der Waals surface area contributed by atoms with Gasteiger partial charge in [0.25, 0.3) is 0 Å². The minimum atomic E-state index is 1.19. The number of nitrogens with zero attached hydrogens (tertiary/aromatic N) is 1. The average molecular weight is 149 g/mol. The molecule has 0 aliphatic rings. The van der Waals surface area contributed by atoms with Gasteiger partial charge in [-0.2, -0.15) is 4.21 Å². The van der Waals surface area contributed by atoms with E-state index in [4.69, 9.17) is 4.21 Å². The second-order valence-electron chi connectivity index (χ2n) is 1.62. The number of hydrogen-bond acceptors (Lipinski definition) is 3. The number of hydrogen-bond donors (Lipinski definition) is 0. The zero-order valence-electron chi connectivity index (χ0n) is 6.39. The molecule has 0 amide bonds. The molecule has 0 radical (unpaired) electrons. The van der Waals surface area contributed by atoms with Crippen LogP contribution >= 0.6 is 0 Å². The van der Waals surface area contributed by atoms with Crippen LogP contribution in [0.2, 0.25) is 0 Å². The minimum Gasteiger partial charge on any atom is -0.304 e. The van der Waals surface area contributed by atoms with Gasteiger partial charge in [0.05, 0.1) is 0 Å². The second-order valence-corrected chi connectivity index (χ2v) is 1.62. The van der Waals surface area contributed by atoms with Gasteiger partial charge in [0.1, 0.15) is 0 Å². The maximum Gasteiger partial charge on any atom is 0.197 e. The topological polar surface area (TPSA) is 20.3 Å². The standard InChI is InChI=1S/C6H15N.OS/c1-4-7(5-2)6-3;1-2/h4-6H2,1-3H3;. The van der Waals surface area contributed by atoms with Gasteiger partial charge in [-0.15, -0.1) is 0 Å². The second kappa shape index (κ2) is 10.9. The van der Waals surface area contributed by atoms with Crippen LogP contribution in [0.25, 0.3) is 0 Å². The zero-order chi connectivity index (χ0) is 7.70. The molecule has 3 heteroatoms. The van der Waals surface area contributed by atoms with Gasteiger partial charge in [0.15, 0.2) is 12.5 Å². The molecule has 0 atom stereocenters. The maximum absolute atomic E-state index is 7.83. The highest BCUT2D eigenvalue weighted by atomic mass is 32.1. The van der Waals surface area contributed by atoms with Crippen LogP contribution in [0.15, 0.2) is 0 Å². The van der Waals surface area contributed by atoms with E-state index in [1.54, 1.807) is 0 Å². The predicted molar refractivity (Wildman–Crippen MR) is 41.6 cm³/mol. The fourth-order valence-corrected chi connectivity index (χ4v) is 0.671. The van der Waals surface area contributed by atoms with E-state index in [-0.39, 0.29) is 0 Å². The summed E-state index contributed by atoms with van der Waals surface area (Å²) in [5.41, 5.74) is 0. The molecule has 2 nitrogen and oxygen atoms in total. The summed E-state index contributed by atoms with van der Waals surface area (Å²) in [7, 11) is 0. The Morgan fingerprint density at radius 3 is 1.22 bits per heavy atom. The van der Waals surface area contributed by atoms with Gasteiger partial charge in [-0.1, -0.05) is 20.8 Å². The summed E-state index contributed by atoms with van der Waals surface area (Å²) >= 11 is 2.83. The van der Waals surface area contributed by atoms with Crippen molar-refractivity contribution in [2.45, 2.75) is 20.8 Å². The molecule has 56 valence electrons. The predicted octanol–water partition coefficient (Wildman–Crippen LogP) is 1.01. The van der Waals surface area contributed by atoms with E-state index in [0.717, 1.165) is 0 Å². The molecule has 0 fully saturated rings. The summed E-state index contributed by atoms with van der Waals surface area (Å²) in [5, 5.41) is 0. The van der Waals surface area contributed by atoms with Crippen molar-refractivity contribution in [2.24, 2.45) is 0 Å². The lowest BCUT2D eigenvalue weighted by atomic mass is 10.5. The fraction of sp³-hybridized carbons (Fsp3) is 1.00. The Kier molecular flexibility index (Phi) is 14.2. The van der Waals surface area contributed by atoms with Gasteiger partial charge in [-0.25, -0.2) is 0 Å². The molecule has 0 saturated carbocycles. The van der Waals surface area contributed by atoms with Crippen molar-refractivity contribution in [1.29, 1.82) is 0 Å². The van der Waals surface area contributed by atoms with Crippen LogP contribution in [-0.2, 0) is 12.5 Å². The maximum atomic E-state index is 7.83. The third kappa shape index (κ3) is 7.98. The molecular weight excluding hydrogens is 134 g/mol. The third-order valence-corrected chi connectivity index (χ3v) is 1.34. The molecule has 0 aromatic heterocycles. The van der Waals surface area contributed by atoms with Gasteiger partial charge in [0, 0.05) is 0 Å². The Bertz CT molecular complexity index is 42.8. The van der Waals surface area contributed by atoms with E-state index in [1.165, 1.54) is 19.6 Å². The van der Waals surface area contributed by atoms with Gasteiger partial charge < -0.3 is 4.90 Å². The first-order valence-corrected chi connectivity index (χ1v) is 3.57. The van der Waals surface area contributed by atoms with E-state index in [9.17, 15) is 0 Å². The lowest BCUT2D eigenvalue weighted by Gasteiger charge is -2.13. The summed E-state index contributed by atoms with van der Waals surface area (Å²) in [6, 6.07) is 0. The Balaban J connectivity index is 0. The first-order valence-electron chi connectivity index (χ1n) is 3.24. The summed E-state index contributed by atoms with van der Waals surface area (Å²) < 4.78 is 7.83. The molecule has 9 heavy (non-hydrogen) atoms. The molecule has 0 N–H and O–H groups in total. The largest absolute Gasteiger partial charge is 0.304 e. The van der Waals surface area contributed by atoms with E-state index >= 15 is 0 Å². The van der Waals surface area contributed by atoms with Crippen LogP contribution in [-0.4, -0.2) is 28.7 Å². The Morgan fingerprint density at radius 2 is 1.22 bits per heavy atom. The first kappa shape index (κ1) is 11.7. The smallest absolute Gasteiger partial charge is 0.197 e. The quantitative estimate of drug-likeness (QED) is 0.597. The van der Waals surface area contributed by atoms with Crippen LogP contribution in [0.3, 0.4) is 0 Å². The molecule has 0 unspecified atom stereocenters. The molecule has 0 bridgehead atoms. The van der Waals surface area contributed by atoms with E-state index in [0.29, 0.717) is 0 Å². The van der Waals surface area contributed by atoms with Crippen molar-refractivity contribution < 1.29 is 4.21 Å². The van der Waals surface area contributed by atoms with Gasteiger partial charge in [0.2, 0.25) is 0 Å². The zero-order valence-corrected chi connectivity index (χ0v) is 7.20. The molecule has 0 aliphatic carbocycles. The van der Waals surface area contributed by atoms with E-state index in [1.807, 2.05) is 0 Å². The normalized spacial score (nSPS) is 8.44. The Labute approximate surface area is 62.8 Å². The highest BCUT2D eigenvalue weighted by Gasteiger charge is 1.89. The van der Waals surface area contributed by atoms with Gasteiger partial charge >= 0.3 is 0 Å². The molecule has 0 saturated heterocycles. The van der Waals surface area contributed by atoms with Gasteiger partial charge in [-0.05, 0) is 19.6 Å². The molecule has 0 spiro atoms.